The number of rotatable bonds is 5. The smallest absolute Gasteiger partial charge is 0.305 e. The van der Waals surface area contributed by atoms with Crippen molar-refractivity contribution >= 4 is 68.1 Å². The van der Waals surface area contributed by atoms with Crippen LogP contribution < -0.4 is 14.5 Å². The van der Waals surface area contributed by atoms with E-state index < -0.39 is 0 Å². The molecule has 7 atom stereocenters. The number of nitrogens with one attached hydrogen (secondary N) is 1. The second-order valence-electron chi connectivity index (χ2n) is 11.4. The number of fused-ring (bicyclic) bond motifs is 9. The summed E-state index contributed by atoms with van der Waals surface area (Å²) in [6, 6.07) is 23.1. The molecule has 1 N–H and O–H groups in total. The Labute approximate surface area is 263 Å². The van der Waals surface area contributed by atoms with E-state index in [0.29, 0.717) is 17.3 Å². The van der Waals surface area contributed by atoms with Gasteiger partial charge >= 0.3 is 4.87 Å². The van der Waals surface area contributed by atoms with Crippen LogP contribution in [-0.4, -0.2) is 22.0 Å². The van der Waals surface area contributed by atoms with Gasteiger partial charge in [-0.15, -0.1) is 11.8 Å². The summed E-state index contributed by atoms with van der Waals surface area (Å²) in [6.07, 6.45) is 0.862. The molecule has 2 saturated carbocycles. The fourth-order valence-corrected chi connectivity index (χ4v) is 11.0. The van der Waals surface area contributed by atoms with Crippen molar-refractivity contribution in [3.63, 3.8) is 0 Å². The van der Waals surface area contributed by atoms with E-state index in [1.807, 2.05) is 60.7 Å². The van der Waals surface area contributed by atoms with Crippen LogP contribution in [0.2, 0.25) is 5.02 Å². The maximum Gasteiger partial charge on any atom is 0.305 e. The Morgan fingerprint density at radius 3 is 2.31 bits per heavy atom. The molecule has 212 valence electrons. The zero-order chi connectivity index (χ0) is 28.7. The van der Waals surface area contributed by atoms with Gasteiger partial charge in [0.15, 0.2) is 0 Å². The van der Waals surface area contributed by atoms with Gasteiger partial charge in [0.25, 0.3) is 0 Å². The quantitative estimate of drug-likeness (QED) is 0.228. The molecule has 3 fully saturated rings. The highest BCUT2D eigenvalue weighted by Crippen LogP contribution is 2.68. The summed E-state index contributed by atoms with van der Waals surface area (Å²) in [5.41, 5.74) is 2.76. The van der Waals surface area contributed by atoms with Crippen molar-refractivity contribution in [3.05, 3.63) is 108 Å². The Morgan fingerprint density at radius 2 is 1.60 bits per heavy atom. The van der Waals surface area contributed by atoms with Gasteiger partial charge in [-0.05, 0) is 83.8 Å². The molecule has 4 aliphatic rings. The number of thioether (sulfide) groups is 1. The Hall–Kier alpha value is -2.85. The predicted molar refractivity (Wildman–Crippen MR) is 167 cm³/mol. The minimum Gasteiger partial charge on any atom is -0.489 e. The van der Waals surface area contributed by atoms with Gasteiger partial charge in [0.05, 0.1) is 22.5 Å². The predicted octanol–water partition coefficient (Wildman–Crippen LogP) is 7.11. The van der Waals surface area contributed by atoms with Gasteiger partial charge in [-0.3, -0.25) is 19.3 Å². The third-order valence-corrected chi connectivity index (χ3v) is 12.7. The summed E-state index contributed by atoms with van der Waals surface area (Å²) in [4.78, 5) is 45.7. The van der Waals surface area contributed by atoms with E-state index in [4.69, 9.17) is 16.3 Å². The maximum atomic E-state index is 13.9. The molecule has 4 aromatic rings. The normalized spacial score (nSPS) is 29.0. The topological polar surface area (TPSA) is 79.5 Å². The van der Waals surface area contributed by atoms with Crippen molar-refractivity contribution in [2.45, 2.75) is 29.2 Å². The van der Waals surface area contributed by atoms with Crippen LogP contribution in [0.15, 0.2) is 87.1 Å². The number of ether oxygens (including phenoxy) is 1. The number of hydrogen-bond acceptors (Lipinski definition) is 6. The summed E-state index contributed by atoms with van der Waals surface area (Å²) < 4.78 is 6.94. The molecule has 3 aromatic carbocycles. The number of aromatic nitrogens is 1. The number of anilines is 1. The number of H-pyrrole nitrogens is 1. The number of carbonyl (C=O) groups excluding carboxylic acids is 2. The summed E-state index contributed by atoms with van der Waals surface area (Å²) in [7, 11) is 0. The Bertz CT molecular complexity index is 1770. The largest absolute Gasteiger partial charge is 0.489 e. The van der Waals surface area contributed by atoms with E-state index >= 15 is 0 Å². The number of aromatic amines is 1. The van der Waals surface area contributed by atoms with Crippen LogP contribution in [0.1, 0.15) is 28.3 Å². The van der Waals surface area contributed by atoms with Gasteiger partial charge in [0.2, 0.25) is 11.8 Å². The molecular formula is C32H24BrClN2O4S2. The monoisotopic (exact) mass is 678 g/mol. The number of carbonyl (C=O) groups is 2. The lowest BCUT2D eigenvalue weighted by Gasteiger charge is -2.43. The molecule has 10 heteroatoms. The number of benzene rings is 3. The number of nitrogens with zero attached hydrogens (tertiary/aromatic N) is 1. The molecule has 0 spiro atoms. The lowest BCUT2D eigenvalue weighted by atomic mass is 9.68. The number of amides is 2. The Kier molecular flexibility index (Phi) is 6.44. The van der Waals surface area contributed by atoms with Crippen molar-refractivity contribution in [1.82, 2.24) is 4.98 Å². The minimum atomic E-state index is -0.324. The van der Waals surface area contributed by atoms with E-state index in [1.165, 1.54) is 16.2 Å². The van der Waals surface area contributed by atoms with Crippen LogP contribution in [0.4, 0.5) is 5.69 Å². The van der Waals surface area contributed by atoms with Crippen LogP contribution in [0.3, 0.4) is 0 Å². The minimum absolute atomic E-state index is 0.0268. The molecule has 3 heterocycles. The molecular weight excluding hydrogens is 656 g/mol. The van der Waals surface area contributed by atoms with Crippen molar-refractivity contribution in [1.29, 1.82) is 0 Å². The average Bonchev–Trinajstić information content (AvgIpc) is 3.72. The number of imide groups is 1. The molecule has 1 saturated heterocycles. The van der Waals surface area contributed by atoms with Crippen molar-refractivity contribution in [2.24, 2.45) is 29.6 Å². The van der Waals surface area contributed by atoms with Gasteiger partial charge in [-0.2, -0.15) is 0 Å². The molecule has 2 aliphatic carbocycles. The van der Waals surface area contributed by atoms with Crippen LogP contribution in [0.25, 0.3) is 0 Å². The van der Waals surface area contributed by atoms with E-state index in [1.54, 1.807) is 11.8 Å². The SMILES string of the molecule is O=C1C2C(C(=O)N1c1ccc(Br)cc1)[C@@H]1C[C@H]2C2Sc3[nH]c(=O)sc3C(c3ccc(OCc4ccc(Cl)cc4)cc3)C21. The Morgan fingerprint density at radius 1 is 0.905 bits per heavy atom. The molecule has 42 heavy (non-hydrogen) atoms. The first-order valence-corrected chi connectivity index (χ1v) is 16.7. The van der Waals surface area contributed by atoms with Crippen molar-refractivity contribution in [3.8, 4) is 5.75 Å². The van der Waals surface area contributed by atoms with E-state index in [9.17, 15) is 14.4 Å². The third kappa shape index (κ3) is 4.15. The zero-order valence-electron chi connectivity index (χ0n) is 22.0. The summed E-state index contributed by atoms with van der Waals surface area (Å²) in [5.74, 6) is 0.254. The molecule has 2 bridgehead atoms. The third-order valence-electron chi connectivity index (χ3n) is 9.37. The van der Waals surface area contributed by atoms with Crippen LogP contribution in [0.5, 0.6) is 5.75 Å². The highest BCUT2D eigenvalue weighted by molar-refractivity contribution is 9.10. The molecule has 2 aliphatic heterocycles. The summed E-state index contributed by atoms with van der Waals surface area (Å²) in [5, 5.41) is 1.75. The van der Waals surface area contributed by atoms with Crippen molar-refractivity contribution in [2.75, 3.05) is 4.90 Å². The second-order valence-corrected chi connectivity index (χ2v) is 15.0. The zero-order valence-corrected chi connectivity index (χ0v) is 26.0. The number of thiazole rings is 1. The van der Waals surface area contributed by atoms with Gasteiger partial charge in [0, 0.05) is 25.5 Å². The van der Waals surface area contributed by atoms with E-state index in [0.717, 1.165) is 37.7 Å². The first-order chi connectivity index (χ1) is 20.4. The molecule has 6 nitrogen and oxygen atoms in total. The fraction of sp³-hybridized carbons (Fsp3) is 0.281. The first-order valence-electron chi connectivity index (χ1n) is 13.9. The van der Waals surface area contributed by atoms with E-state index in [-0.39, 0.29) is 57.4 Å². The highest BCUT2D eigenvalue weighted by Gasteiger charge is 2.69. The standard InChI is InChI=1S/C32H24BrClN2O4S2/c33-17-5-9-19(10-6-17)36-30(37)25-21-13-22(26(25)31(36)38)27-24(21)23(28-29(41-27)35-32(39)42-28)16-3-11-20(12-4-16)40-14-15-1-7-18(34)8-2-15/h1-12,21-27H,13-14H2,(H,35,39)/t21-,22-,23?,24?,25?,26?,27?/m1/s1. The van der Waals surface area contributed by atoms with Gasteiger partial charge < -0.3 is 9.72 Å². The summed E-state index contributed by atoms with van der Waals surface area (Å²) in [6.45, 7) is 0.433. The van der Waals surface area contributed by atoms with Crippen LogP contribution >= 0.6 is 50.6 Å². The van der Waals surface area contributed by atoms with Crippen LogP contribution in [0, 0.1) is 29.6 Å². The van der Waals surface area contributed by atoms with E-state index in [2.05, 4.69) is 33.0 Å². The van der Waals surface area contributed by atoms with Gasteiger partial charge in [0.1, 0.15) is 12.4 Å². The molecule has 0 radical (unpaired) electrons. The second kappa shape index (κ2) is 10.1. The molecule has 1 aromatic heterocycles. The molecule has 2 amide bonds. The first kappa shape index (κ1) is 26.8. The number of hydrogen-bond donors (Lipinski definition) is 1. The lowest BCUT2D eigenvalue weighted by molar-refractivity contribution is -0.123. The maximum absolute atomic E-state index is 13.9. The molecule has 5 unspecified atom stereocenters. The van der Waals surface area contributed by atoms with Crippen LogP contribution in [-0.2, 0) is 16.2 Å². The fourth-order valence-electron chi connectivity index (χ4n) is 7.75. The number of halogens is 2. The van der Waals surface area contributed by atoms with Gasteiger partial charge in [-0.1, -0.05) is 63.1 Å². The van der Waals surface area contributed by atoms with Gasteiger partial charge in [-0.25, -0.2) is 0 Å². The average molecular weight is 680 g/mol. The highest BCUT2D eigenvalue weighted by atomic mass is 79.9. The van der Waals surface area contributed by atoms with Crippen molar-refractivity contribution < 1.29 is 14.3 Å². The lowest BCUT2D eigenvalue weighted by Crippen LogP contribution is -2.42. The molecule has 8 rings (SSSR count). The summed E-state index contributed by atoms with van der Waals surface area (Å²) >= 11 is 12.4. The Balaban J connectivity index is 1.11.